The minimum Gasteiger partial charge on any atom is -0.476 e. The number of aromatic nitrogens is 1. The van der Waals surface area contributed by atoms with Crippen LogP contribution in [-0.2, 0) is 0 Å². The maximum Gasteiger partial charge on any atom is 0.356 e. The van der Waals surface area contributed by atoms with E-state index in [2.05, 4.69) is 20.9 Å². The number of aromatic carboxylic acids is 1. The van der Waals surface area contributed by atoms with Crippen LogP contribution in [0.15, 0.2) is 22.1 Å². The highest BCUT2D eigenvalue weighted by Gasteiger charge is 2.21. The molecule has 1 aromatic carbocycles. The third-order valence-corrected chi connectivity index (χ3v) is 4.15. The van der Waals surface area contributed by atoms with Crippen LogP contribution in [0.2, 0.25) is 10.0 Å². The largest absolute Gasteiger partial charge is 0.476 e. The molecule has 7 heteroatoms. The van der Waals surface area contributed by atoms with Gasteiger partial charge in [0.25, 0.3) is 0 Å². The van der Waals surface area contributed by atoms with E-state index in [1.54, 1.807) is 18.2 Å². The van der Waals surface area contributed by atoms with Crippen molar-refractivity contribution >= 4 is 56.4 Å². The van der Waals surface area contributed by atoms with Crippen molar-refractivity contribution in [3.8, 4) is 10.4 Å². The Hall–Kier alpha value is -0.620. The lowest BCUT2D eigenvalue weighted by Crippen LogP contribution is -1.98. The number of hydrogen-bond donors (Lipinski definition) is 1. The second-order valence-electron chi connectivity index (χ2n) is 3.05. The molecule has 88 valence electrons. The van der Waals surface area contributed by atoms with E-state index in [-0.39, 0.29) is 5.69 Å². The number of rotatable bonds is 2. The highest BCUT2D eigenvalue weighted by atomic mass is 79.9. The number of hydrogen-bond acceptors (Lipinski definition) is 3. The van der Waals surface area contributed by atoms with Gasteiger partial charge in [-0.05, 0) is 28.1 Å². The molecule has 0 bridgehead atoms. The van der Waals surface area contributed by atoms with Gasteiger partial charge in [0, 0.05) is 5.56 Å². The molecule has 0 saturated heterocycles. The molecule has 0 aliphatic carbocycles. The quantitative estimate of drug-likeness (QED) is 0.860. The van der Waals surface area contributed by atoms with Crippen molar-refractivity contribution in [1.29, 1.82) is 0 Å². The Morgan fingerprint density at radius 1 is 1.35 bits per heavy atom. The Kier molecular flexibility index (Phi) is 3.73. The maximum atomic E-state index is 11.1. The van der Waals surface area contributed by atoms with Crippen molar-refractivity contribution in [2.45, 2.75) is 0 Å². The van der Waals surface area contributed by atoms with Crippen molar-refractivity contribution in [3.63, 3.8) is 0 Å². The summed E-state index contributed by atoms with van der Waals surface area (Å²) >= 11 is 16.4. The molecule has 0 atom stereocenters. The van der Waals surface area contributed by atoms with Crippen LogP contribution < -0.4 is 0 Å². The van der Waals surface area contributed by atoms with Gasteiger partial charge in [-0.25, -0.2) is 9.78 Å². The number of thiazole rings is 1. The fourth-order valence-corrected chi connectivity index (χ4v) is 3.54. The van der Waals surface area contributed by atoms with Crippen LogP contribution in [0.3, 0.4) is 0 Å². The first-order valence-corrected chi connectivity index (χ1v) is 6.71. The number of benzene rings is 1. The van der Waals surface area contributed by atoms with E-state index in [0.29, 0.717) is 24.4 Å². The summed E-state index contributed by atoms with van der Waals surface area (Å²) in [5.74, 6) is -1.11. The average Bonchev–Trinajstić information content (AvgIpc) is 2.60. The third kappa shape index (κ3) is 2.47. The van der Waals surface area contributed by atoms with E-state index in [1.165, 1.54) is 11.3 Å². The highest BCUT2D eigenvalue weighted by molar-refractivity contribution is 9.11. The first kappa shape index (κ1) is 12.8. The molecule has 1 aromatic heterocycles. The normalized spacial score (nSPS) is 10.5. The van der Waals surface area contributed by atoms with Crippen molar-refractivity contribution in [1.82, 2.24) is 4.98 Å². The fourth-order valence-electron chi connectivity index (χ4n) is 1.32. The zero-order valence-corrected chi connectivity index (χ0v) is 12.0. The summed E-state index contributed by atoms with van der Waals surface area (Å²) in [6, 6.07) is 5.01. The molecular weight excluding hydrogens is 349 g/mol. The van der Waals surface area contributed by atoms with Gasteiger partial charge in [-0.3, -0.25) is 0 Å². The maximum absolute atomic E-state index is 11.1. The molecule has 0 radical (unpaired) electrons. The molecule has 0 aliphatic heterocycles. The lowest BCUT2D eigenvalue weighted by molar-refractivity contribution is 0.0692. The minimum absolute atomic E-state index is 0.0584. The van der Waals surface area contributed by atoms with Crippen molar-refractivity contribution in [3.05, 3.63) is 37.9 Å². The Morgan fingerprint density at radius 2 is 1.94 bits per heavy atom. The van der Waals surface area contributed by atoms with Gasteiger partial charge in [-0.1, -0.05) is 29.3 Å². The second kappa shape index (κ2) is 4.94. The SMILES string of the molecule is O=C(O)c1nc(Br)sc1-c1c(Cl)cccc1Cl. The van der Waals surface area contributed by atoms with Gasteiger partial charge in [0.2, 0.25) is 0 Å². The molecule has 2 aromatic rings. The van der Waals surface area contributed by atoms with Gasteiger partial charge in [-0.2, -0.15) is 0 Å². The van der Waals surface area contributed by atoms with Crippen LogP contribution in [0.25, 0.3) is 10.4 Å². The standard InChI is InChI=1S/C10H4BrCl2NO2S/c11-10-14-7(9(15)16)8(17-10)6-4(12)2-1-3-5(6)13/h1-3H,(H,15,16). The van der Waals surface area contributed by atoms with E-state index in [0.717, 1.165) is 0 Å². The predicted octanol–water partition coefficient (Wildman–Crippen LogP) is 4.58. The topological polar surface area (TPSA) is 50.2 Å². The number of halogens is 3. The Balaban J connectivity index is 2.72. The summed E-state index contributed by atoms with van der Waals surface area (Å²) in [5.41, 5.74) is 0.438. The van der Waals surface area contributed by atoms with Crippen LogP contribution in [0.5, 0.6) is 0 Å². The first-order chi connectivity index (χ1) is 8.00. The number of carbonyl (C=O) groups is 1. The van der Waals surface area contributed by atoms with E-state index in [9.17, 15) is 4.79 Å². The molecule has 0 saturated carbocycles. The number of nitrogens with zero attached hydrogens (tertiary/aromatic N) is 1. The highest BCUT2D eigenvalue weighted by Crippen LogP contribution is 2.41. The lowest BCUT2D eigenvalue weighted by Gasteiger charge is -2.04. The van der Waals surface area contributed by atoms with Crippen LogP contribution in [0, 0.1) is 0 Å². The van der Waals surface area contributed by atoms with E-state index in [4.69, 9.17) is 28.3 Å². The summed E-state index contributed by atoms with van der Waals surface area (Å²) in [6.45, 7) is 0. The number of carboxylic acid groups (broad SMARTS) is 1. The summed E-state index contributed by atoms with van der Waals surface area (Å²) in [4.78, 5) is 15.4. The molecule has 3 nitrogen and oxygen atoms in total. The van der Waals surface area contributed by atoms with Crippen LogP contribution in [-0.4, -0.2) is 16.1 Å². The van der Waals surface area contributed by atoms with Gasteiger partial charge in [0.1, 0.15) is 0 Å². The molecule has 0 amide bonds. The van der Waals surface area contributed by atoms with E-state index in [1.807, 2.05) is 0 Å². The predicted molar refractivity (Wildman–Crippen MR) is 72.2 cm³/mol. The van der Waals surface area contributed by atoms with Crippen molar-refractivity contribution in [2.24, 2.45) is 0 Å². The Morgan fingerprint density at radius 3 is 2.47 bits per heavy atom. The summed E-state index contributed by atoms with van der Waals surface area (Å²) < 4.78 is 0.473. The third-order valence-electron chi connectivity index (χ3n) is 1.99. The fraction of sp³-hybridized carbons (Fsp3) is 0. The summed E-state index contributed by atoms with van der Waals surface area (Å²) in [5, 5.41) is 9.86. The van der Waals surface area contributed by atoms with Gasteiger partial charge < -0.3 is 5.11 Å². The molecule has 0 unspecified atom stereocenters. The summed E-state index contributed by atoms with van der Waals surface area (Å²) in [7, 11) is 0. The van der Waals surface area contributed by atoms with E-state index >= 15 is 0 Å². The lowest BCUT2D eigenvalue weighted by atomic mass is 10.1. The zero-order valence-electron chi connectivity index (χ0n) is 8.08. The molecule has 0 fully saturated rings. The second-order valence-corrected chi connectivity index (χ2v) is 6.14. The molecular formula is C10H4BrCl2NO2S. The van der Waals surface area contributed by atoms with Crippen molar-refractivity contribution < 1.29 is 9.90 Å². The van der Waals surface area contributed by atoms with Gasteiger partial charge in [-0.15, -0.1) is 11.3 Å². The Labute approximate surface area is 119 Å². The summed E-state index contributed by atoms with van der Waals surface area (Å²) in [6.07, 6.45) is 0. The van der Waals surface area contributed by atoms with Gasteiger partial charge in [0.05, 0.1) is 14.9 Å². The molecule has 2 rings (SSSR count). The molecule has 1 heterocycles. The van der Waals surface area contributed by atoms with Crippen LogP contribution in [0.1, 0.15) is 10.5 Å². The van der Waals surface area contributed by atoms with E-state index < -0.39 is 5.97 Å². The molecule has 0 aliphatic rings. The average molecular weight is 353 g/mol. The smallest absolute Gasteiger partial charge is 0.356 e. The minimum atomic E-state index is -1.11. The molecule has 17 heavy (non-hydrogen) atoms. The molecule has 1 N–H and O–H groups in total. The van der Waals surface area contributed by atoms with Crippen LogP contribution >= 0.6 is 50.5 Å². The Bertz CT molecular complexity index is 580. The van der Waals surface area contributed by atoms with Crippen molar-refractivity contribution in [2.75, 3.05) is 0 Å². The van der Waals surface area contributed by atoms with Crippen LogP contribution in [0.4, 0.5) is 0 Å². The molecule has 0 spiro atoms. The monoisotopic (exact) mass is 351 g/mol. The van der Waals surface area contributed by atoms with Gasteiger partial charge in [0.15, 0.2) is 9.61 Å². The van der Waals surface area contributed by atoms with Gasteiger partial charge >= 0.3 is 5.97 Å². The first-order valence-electron chi connectivity index (χ1n) is 4.34. The zero-order chi connectivity index (χ0) is 12.6. The number of carboxylic acids is 1.